The summed E-state index contributed by atoms with van der Waals surface area (Å²) in [7, 11) is 0. The normalized spacial score (nSPS) is 14.9. The van der Waals surface area contributed by atoms with Gasteiger partial charge in [0.25, 0.3) is 0 Å². The highest BCUT2D eigenvalue weighted by Crippen LogP contribution is 2.29. The molecule has 0 atom stereocenters. The van der Waals surface area contributed by atoms with E-state index in [1.165, 1.54) is 47.2 Å². The van der Waals surface area contributed by atoms with Gasteiger partial charge in [-0.05, 0) is 70.5 Å². The number of hydrogen-bond acceptors (Lipinski definition) is 0. The zero-order valence-electron chi connectivity index (χ0n) is 10.4. The molecule has 88 valence electrons. The van der Waals surface area contributed by atoms with Gasteiger partial charge in [0.15, 0.2) is 0 Å². The van der Waals surface area contributed by atoms with Crippen LogP contribution < -0.4 is 0 Å². The Balaban J connectivity index is 2.05. The van der Waals surface area contributed by atoms with Crippen molar-refractivity contribution in [3.05, 3.63) is 59.7 Å². The average Bonchev–Trinajstić information content (AvgIpc) is 2.42. The summed E-state index contributed by atoms with van der Waals surface area (Å²) in [6, 6.07) is 18.1. The van der Waals surface area contributed by atoms with Crippen molar-refractivity contribution >= 4 is 21.5 Å². The molecule has 0 fully saturated rings. The van der Waals surface area contributed by atoms with E-state index in [0.29, 0.717) is 0 Å². The fourth-order valence-corrected chi connectivity index (χ4v) is 3.18. The second-order valence-electron chi connectivity index (χ2n) is 5.37. The van der Waals surface area contributed by atoms with Crippen LogP contribution in [0.3, 0.4) is 0 Å². The lowest BCUT2D eigenvalue weighted by Crippen LogP contribution is -2.02. The van der Waals surface area contributed by atoms with Gasteiger partial charge in [-0.1, -0.05) is 36.4 Å². The summed E-state index contributed by atoms with van der Waals surface area (Å²) in [5.74, 6) is 0. The molecule has 0 heteroatoms. The maximum absolute atomic E-state index is 2.41. The van der Waals surface area contributed by atoms with Crippen LogP contribution >= 0.6 is 0 Å². The lowest BCUT2D eigenvalue weighted by Gasteiger charge is -2.16. The van der Waals surface area contributed by atoms with E-state index in [-0.39, 0.29) is 0 Å². The summed E-state index contributed by atoms with van der Waals surface area (Å²) in [5.41, 5.74) is 3.15. The van der Waals surface area contributed by atoms with Crippen LogP contribution in [-0.2, 0) is 12.8 Å². The quantitative estimate of drug-likeness (QED) is 0.485. The molecule has 0 saturated heterocycles. The summed E-state index contributed by atoms with van der Waals surface area (Å²) in [6.07, 6.45) is 5.23. The third kappa shape index (κ3) is 1.53. The Morgan fingerprint density at radius 2 is 1.06 bits per heavy atom. The zero-order chi connectivity index (χ0) is 11.9. The first-order valence-corrected chi connectivity index (χ1v) is 6.84. The van der Waals surface area contributed by atoms with E-state index in [2.05, 4.69) is 48.5 Å². The topological polar surface area (TPSA) is 0 Å². The number of rotatable bonds is 0. The molecule has 18 heavy (non-hydrogen) atoms. The van der Waals surface area contributed by atoms with Crippen LogP contribution in [0, 0.1) is 0 Å². The SMILES string of the molecule is c1ccc2cc3cc4c(cc3cc2c1)CCCC4. The predicted octanol–water partition coefficient (Wildman–Crippen LogP) is 4.87. The molecule has 0 saturated carbocycles. The first kappa shape index (κ1) is 10.1. The molecule has 0 spiro atoms. The lowest BCUT2D eigenvalue weighted by molar-refractivity contribution is 0.687. The van der Waals surface area contributed by atoms with Crippen LogP contribution in [0.25, 0.3) is 21.5 Å². The summed E-state index contributed by atoms with van der Waals surface area (Å²) < 4.78 is 0. The molecule has 1 aliphatic rings. The fourth-order valence-electron chi connectivity index (χ4n) is 3.18. The third-order valence-electron chi connectivity index (χ3n) is 4.17. The van der Waals surface area contributed by atoms with Gasteiger partial charge in [-0.25, -0.2) is 0 Å². The second kappa shape index (κ2) is 3.84. The van der Waals surface area contributed by atoms with E-state index < -0.39 is 0 Å². The van der Waals surface area contributed by atoms with E-state index in [1.54, 1.807) is 11.1 Å². The van der Waals surface area contributed by atoms with Crippen molar-refractivity contribution < 1.29 is 0 Å². The van der Waals surface area contributed by atoms with Crippen LogP contribution in [0.1, 0.15) is 24.0 Å². The first-order valence-electron chi connectivity index (χ1n) is 6.84. The van der Waals surface area contributed by atoms with Crippen LogP contribution in [0.2, 0.25) is 0 Å². The van der Waals surface area contributed by atoms with E-state index in [1.807, 2.05) is 0 Å². The van der Waals surface area contributed by atoms with Crippen molar-refractivity contribution in [2.75, 3.05) is 0 Å². The molecule has 0 bridgehead atoms. The summed E-state index contributed by atoms with van der Waals surface area (Å²) >= 11 is 0. The van der Waals surface area contributed by atoms with Gasteiger partial charge >= 0.3 is 0 Å². The minimum atomic E-state index is 1.26. The van der Waals surface area contributed by atoms with Crippen molar-refractivity contribution in [3.63, 3.8) is 0 Å². The van der Waals surface area contributed by atoms with Crippen molar-refractivity contribution in [1.82, 2.24) is 0 Å². The Bertz CT molecular complexity index is 673. The molecule has 4 rings (SSSR count). The van der Waals surface area contributed by atoms with Crippen molar-refractivity contribution in [2.45, 2.75) is 25.7 Å². The van der Waals surface area contributed by atoms with Crippen LogP contribution in [0.4, 0.5) is 0 Å². The molecule has 0 unspecified atom stereocenters. The minimum absolute atomic E-state index is 1.26. The van der Waals surface area contributed by atoms with Gasteiger partial charge in [0, 0.05) is 0 Å². The first-order chi connectivity index (χ1) is 8.90. The number of fused-ring (bicyclic) bond motifs is 3. The van der Waals surface area contributed by atoms with Gasteiger partial charge in [-0.3, -0.25) is 0 Å². The molecular weight excluding hydrogens is 216 g/mol. The molecule has 0 N–H and O–H groups in total. The Morgan fingerprint density at radius 1 is 0.556 bits per heavy atom. The Kier molecular flexibility index (Phi) is 2.16. The highest BCUT2D eigenvalue weighted by atomic mass is 14.1. The van der Waals surface area contributed by atoms with Gasteiger partial charge in [0.2, 0.25) is 0 Å². The van der Waals surface area contributed by atoms with Crippen molar-refractivity contribution in [2.24, 2.45) is 0 Å². The highest BCUT2D eigenvalue weighted by Gasteiger charge is 2.10. The predicted molar refractivity (Wildman–Crippen MR) is 78.1 cm³/mol. The summed E-state index contributed by atoms with van der Waals surface area (Å²) in [4.78, 5) is 0. The van der Waals surface area contributed by atoms with E-state index >= 15 is 0 Å². The minimum Gasteiger partial charge on any atom is -0.0616 e. The Hall–Kier alpha value is -1.82. The Labute approximate surface area is 107 Å². The molecule has 0 aliphatic heterocycles. The van der Waals surface area contributed by atoms with Crippen molar-refractivity contribution in [3.8, 4) is 0 Å². The van der Waals surface area contributed by atoms with Crippen LogP contribution in [0.15, 0.2) is 48.5 Å². The molecule has 0 aromatic heterocycles. The monoisotopic (exact) mass is 232 g/mol. The molecule has 3 aromatic carbocycles. The van der Waals surface area contributed by atoms with Crippen LogP contribution in [-0.4, -0.2) is 0 Å². The average molecular weight is 232 g/mol. The van der Waals surface area contributed by atoms with Gasteiger partial charge < -0.3 is 0 Å². The van der Waals surface area contributed by atoms with E-state index in [0.717, 1.165) is 0 Å². The maximum atomic E-state index is 2.41. The Morgan fingerprint density at radius 3 is 1.56 bits per heavy atom. The summed E-state index contributed by atoms with van der Waals surface area (Å²) in [5, 5.41) is 5.49. The zero-order valence-corrected chi connectivity index (χ0v) is 10.4. The standard InChI is InChI=1S/C18H16/c1-2-6-14-10-18-12-16-8-4-3-7-15(16)11-17(18)9-13(14)5-1/h1-2,5-6,9-12H,3-4,7-8H2. The number of benzene rings is 3. The van der Waals surface area contributed by atoms with E-state index in [9.17, 15) is 0 Å². The van der Waals surface area contributed by atoms with Crippen molar-refractivity contribution in [1.29, 1.82) is 0 Å². The van der Waals surface area contributed by atoms with Crippen LogP contribution in [0.5, 0.6) is 0 Å². The largest absolute Gasteiger partial charge is 0.0616 e. The third-order valence-corrected chi connectivity index (χ3v) is 4.17. The molecule has 0 heterocycles. The maximum Gasteiger partial charge on any atom is -0.0175 e. The molecule has 0 amide bonds. The number of aryl methyl sites for hydroxylation is 2. The van der Waals surface area contributed by atoms with Gasteiger partial charge in [-0.15, -0.1) is 0 Å². The smallest absolute Gasteiger partial charge is 0.0175 e. The summed E-state index contributed by atoms with van der Waals surface area (Å²) in [6.45, 7) is 0. The molecular formula is C18H16. The molecule has 0 radical (unpaired) electrons. The lowest BCUT2D eigenvalue weighted by atomic mass is 9.89. The second-order valence-corrected chi connectivity index (χ2v) is 5.37. The number of hydrogen-bond donors (Lipinski definition) is 0. The molecule has 0 nitrogen and oxygen atoms in total. The van der Waals surface area contributed by atoms with Gasteiger partial charge in [-0.2, -0.15) is 0 Å². The van der Waals surface area contributed by atoms with Gasteiger partial charge in [0.05, 0.1) is 0 Å². The van der Waals surface area contributed by atoms with E-state index in [4.69, 9.17) is 0 Å². The highest BCUT2D eigenvalue weighted by molar-refractivity contribution is 5.98. The van der Waals surface area contributed by atoms with Gasteiger partial charge in [0.1, 0.15) is 0 Å². The molecule has 1 aliphatic carbocycles. The fraction of sp³-hybridized carbons (Fsp3) is 0.222. The molecule has 3 aromatic rings.